The zero-order valence-electron chi connectivity index (χ0n) is 7.08. The van der Waals surface area contributed by atoms with Crippen molar-refractivity contribution >= 4 is 16.5 Å². The van der Waals surface area contributed by atoms with Crippen LogP contribution in [0.4, 0.5) is 5.13 Å². The Kier molecular flexibility index (Phi) is 3.96. The van der Waals surface area contributed by atoms with E-state index in [0.717, 1.165) is 29.4 Å². The predicted molar refractivity (Wildman–Crippen MR) is 49.5 cm³/mol. The molecule has 5 heteroatoms. The first-order valence-electron chi connectivity index (χ1n) is 3.98. The van der Waals surface area contributed by atoms with Gasteiger partial charge in [-0.25, -0.2) is 0 Å². The Bertz CT molecular complexity index is 226. The fourth-order valence-electron chi connectivity index (χ4n) is 0.844. The molecule has 0 bridgehead atoms. The number of hydrogen-bond donors (Lipinski definition) is 2. The van der Waals surface area contributed by atoms with Gasteiger partial charge < -0.3 is 10.4 Å². The van der Waals surface area contributed by atoms with E-state index in [0.29, 0.717) is 0 Å². The monoisotopic (exact) mass is 187 g/mol. The highest BCUT2D eigenvalue weighted by atomic mass is 32.1. The molecular formula is C7H13N3OS. The summed E-state index contributed by atoms with van der Waals surface area (Å²) in [6, 6.07) is 0. The predicted octanol–water partition coefficient (Wildman–Crippen LogP) is 0.895. The average Bonchev–Trinajstić information content (AvgIpc) is 2.53. The molecule has 0 unspecified atom stereocenters. The molecular weight excluding hydrogens is 174 g/mol. The molecule has 0 spiro atoms. The minimum atomic E-state index is 0.262. The third-order valence-electron chi connectivity index (χ3n) is 1.48. The van der Waals surface area contributed by atoms with Gasteiger partial charge in [-0.15, -0.1) is 10.2 Å². The lowest BCUT2D eigenvalue weighted by molar-refractivity contribution is 0.284. The van der Waals surface area contributed by atoms with E-state index in [4.69, 9.17) is 5.11 Å². The summed E-state index contributed by atoms with van der Waals surface area (Å²) in [5, 5.41) is 21.3. The van der Waals surface area contributed by atoms with E-state index in [9.17, 15) is 0 Å². The third kappa shape index (κ3) is 2.75. The molecule has 2 N–H and O–H groups in total. The molecule has 0 radical (unpaired) electrons. The van der Waals surface area contributed by atoms with Crippen LogP contribution < -0.4 is 5.32 Å². The van der Waals surface area contributed by atoms with Crippen molar-refractivity contribution in [2.45, 2.75) is 19.3 Å². The van der Waals surface area contributed by atoms with Gasteiger partial charge in [-0.3, -0.25) is 0 Å². The largest absolute Gasteiger partial charge is 0.396 e. The van der Waals surface area contributed by atoms with Crippen molar-refractivity contribution in [1.29, 1.82) is 0 Å². The number of anilines is 1. The molecule has 68 valence electrons. The van der Waals surface area contributed by atoms with Gasteiger partial charge in [-0.05, 0) is 12.8 Å². The van der Waals surface area contributed by atoms with E-state index >= 15 is 0 Å². The third-order valence-corrected chi connectivity index (χ3v) is 2.48. The van der Waals surface area contributed by atoms with Crippen LogP contribution in [0, 0.1) is 0 Å². The van der Waals surface area contributed by atoms with Gasteiger partial charge in [0, 0.05) is 20.1 Å². The molecule has 0 aliphatic heterocycles. The maximum atomic E-state index is 8.55. The molecule has 0 amide bonds. The lowest BCUT2D eigenvalue weighted by Crippen LogP contribution is -1.87. The minimum absolute atomic E-state index is 0.262. The van der Waals surface area contributed by atoms with E-state index < -0.39 is 0 Å². The molecule has 1 heterocycles. The van der Waals surface area contributed by atoms with E-state index in [1.807, 2.05) is 7.05 Å². The quantitative estimate of drug-likeness (QED) is 0.672. The van der Waals surface area contributed by atoms with Gasteiger partial charge in [0.05, 0.1) is 0 Å². The number of aliphatic hydroxyl groups excluding tert-OH is 1. The number of hydrogen-bond acceptors (Lipinski definition) is 5. The Labute approximate surface area is 75.6 Å². The lowest BCUT2D eigenvalue weighted by Gasteiger charge is -1.91. The van der Waals surface area contributed by atoms with Crippen LogP contribution in [0.15, 0.2) is 0 Å². The fourth-order valence-corrected chi connectivity index (χ4v) is 1.58. The summed E-state index contributed by atoms with van der Waals surface area (Å²) in [4.78, 5) is 0. The topological polar surface area (TPSA) is 58.0 Å². The zero-order valence-corrected chi connectivity index (χ0v) is 7.89. The van der Waals surface area contributed by atoms with Crippen molar-refractivity contribution in [3.8, 4) is 0 Å². The van der Waals surface area contributed by atoms with Crippen LogP contribution in [-0.2, 0) is 6.42 Å². The van der Waals surface area contributed by atoms with Gasteiger partial charge in [0.1, 0.15) is 5.01 Å². The number of aliphatic hydroxyl groups is 1. The summed E-state index contributed by atoms with van der Waals surface area (Å²) < 4.78 is 0. The normalized spacial score (nSPS) is 10.2. The fraction of sp³-hybridized carbons (Fsp3) is 0.714. The Balaban J connectivity index is 2.31. The van der Waals surface area contributed by atoms with E-state index in [-0.39, 0.29) is 6.61 Å². The first-order valence-corrected chi connectivity index (χ1v) is 4.79. The van der Waals surface area contributed by atoms with E-state index in [1.54, 1.807) is 11.3 Å². The lowest BCUT2D eigenvalue weighted by atomic mass is 10.2. The van der Waals surface area contributed by atoms with Crippen molar-refractivity contribution in [2.75, 3.05) is 19.0 Å². The van der Waals surface area contributed by atoms with Gasteiger partial charge in [0.15, 0.2) is 0 Å². The van der Waals surface area contributed by atoms with Crippen LogP contribution in [0.2, 0.25) is 0 Å². The Hall–Kier alpha value is -0.680. The van der Waals surface area contributed by atoms with Crippen LogP contribution in [0.25, 0.3) is 0 Å². The van der Waals surface area contributed by atoms with Crippen LogP contribution in [0.3, 0.4) is 0 Å². The van der Waals surface area contributed by atoms with Crippen LogP contribution in [0.1, 0.15) is 17.8 Å². The molecule has 1 aromatic rings. The minimum Gasteiger partial charge on any atom is -0.396 e. The molecule has 1 rings (SSSR count). The smallest absolute Gasteiger partial charge is 0.205 e. The first-order chi connectivity index (χ1) is 5.86. The molecule has 0 atom stereocenters. The van der Waals surface area contributed by atoms with Crippen LogP contribution in [-0.4, -0.2) is 29.0 Å². The van der Waals surface area contributed by atoms with Crippen LogP contribution in [0.5, 0.6) is 0 Å². The second-order valence-electron chi connectivity index (χ2n) is 2.43. The van der Waals surface area contributed by atoms with Gasteiger partial charge >= 0.3 is 0 Å². The van der Waals surface area contributed by atoms with Crippen molar-refractivity contribution in [3.05, 3.63) is 5.01 Å². The van der Waals surface area contributed by atoms with E-state index in [2.05, 4.69) is 15.5 Å². The second kappa shape index (κ2) is 5.05. The summed E-state index contributed by atoms with van der Waals surface area (Å²) in [5.74, 6) is 0. The molecule has 12 heavy (non-hydrogen) atoms. The highest BCUT2D eigenvalue weighted by Crippen LogP contribution is 2.15. The molecule has 0 aliphatic rings. The maximum Gasteiger partial charge on any atom is 0.205 e. The maximum absolute atomic E-state index is 8.55. The first kappa shape index (κ1) is 9.41. The Morgan fingerprint density at radius 3 is 2.83 bits per heavy atom. The molecule has 0 saturated carbocycles. The van der Waals surface area contributed by atoms with Gasteiger partial charge in [0.25, 0.3) is 0 Å². The highest BCUT2D eigenvalue weighted by Gasteiger charge is 2.00. The molecule has 0 aliphatic carbocycles. The average molecular weight is 187 g/mol. The Morgan fingerprint density at radius 2 is 2.25 bits per heavy atom. The summed E-state index contributed by atoms with van der Waals surface area (Å²) in [7, 11) is 1.83. The number of nitrogens with one attached hydrogen (secondary N) is 1. The summed E-state index contributed by atoms with van der Waals surface area (Å²) in [5.41, 5.74) is 0. The number of nitrogens with zero attached hydrogens (tertiary/aromatic N) is 2. The molecule has 1 aromatic heterocycles. The molecule has 0 fully saturated rings. The standard InChI is InChI=1S/C7H13N3OS/c1-8-7-10-9-6(12-7)4-2-3-5-11/h11H,2-5H2,1H3,(H,8,10). The van der Waals surface area contributed by atoms with E-state index in [1.165, 1.54) is 0 Å². The van der Waals surface area contributed by atoms with Crippen LogP contribution >= 0.6 is 11.3 Å². The zero-order chi connectivity index (χ0) is 8.81. The summed E-state index contributed by atoms with van der Waals surface area (Å²) in [6.07, 6.45) is 2.74. The van der Waals surface area contributed by atoms with Crippen molar-refractivity contribution in [2.24, 2.45) is 0 Å². The summed E-state index contributed by atoms with van der Waals surface area (Å²) in [6.45, 7) is 0.262. The van der Waals surface area contributed by atoms with Gasteiger partial charge in [0.2, 0.25) is 5.13 Å². The van der Waals surface area contributed by atoms with Gasteiger partial charge in [-0.1, -0.05) is 11.3 Å². The number of rotatable bonds is 5. The molecule has 0 saturated heterocycles. The molecule has 4 nitrogen and oxygen atoms in total. The van der Waals surface area contributed by atoms with Crippen molar-refractivity contribution < 1.29 is 5.11 Å². The SMILES string of the molecule is CNc1nnc(CCCCO)s1. The number of aryl methyl sites for hydroxylation is 1. The number of aromatic nitrogens is 2. The Morgan fingerprint density at radius 1 is 1.42 bits per heavy atom. The summed E-state index contributed by atoms with van der Waals surface area (Å²) >= 11 is 1.57. The second-order valence-corrected chi connectivity index (χ2v) is 3.49. The van der Waals surface area contributed by atoms with Gasteiger partial charge in [-0.2, -0.15) is 0 Å². The molecule has 0 aromatic carbocycles. The van der Waals surface area contributed by atoms with Crippen molar-refractivity contribution in [3.63, 3.8) is 0 Å². The highest BCUT2D eigenvalue weighted by molar-refractivity contribution is 7.15. The number of unbranched alkanes of at least 4 members (excludes halogenated alkanes) is 1. The van der Waals surface area contributed by atoms with Crippen molar-refractivity contribution in [1.82, 2.24) is 10.2 Å².